The van der Waals surface area contributed by atoms with Crippen LogP contribution in [-0.2, 0) is 0 Å². The molecule has 0 spiro atoms. The van der Waals surface area contributed by atoms with Gasteiger partial charge in [0.05, 0.1) is 0 Å². The Balaban J connectivity index is 1.44. The second-order valence-electron chi connectivity index (χ2n) is 6.49. The Morgan fingerprint density at radius 1 is 1.08 bits per heavy atom. The third kappa shape index (κ3) is 3.17. The Kier molecular flexibility index (Phi) is 4.06. The molecule has 2 aromatic carbocycles. The number of rotatable bonds is 3. The lowest BCUT2D eigenvalue weighted by Gasteiger charge is -2.36. The number of fused-ring (bicyclic) bond motifs is 1. The minimum Gasteiger partial charge on any atom is -0.348 e. The number of benzene rings is 2. The summed E-state index contributed by atoms with van der Waals surface area (Å²) in [6, 6.07) is 16.9. The van der Waals surface area contributed by atoms with Crippen LogP contribution in [0, 0.1) is 0 Å². The topological polar surface area (TPSA) is 62.0 Å². The smallest absolute Gasteiger partial charge is 0.268 e. The number of nitrogens with one attached hydrogen (secondary N) is 2. The van der Waals surface area contributed by atoms with Crippen molar-refractivity contribution in [3.8, 4) is 0 Å². The first kappa shape index (κ1) is 15.9. The summed E-state index contributed by atoms with van der Waals surface area (Å²) in [7, 11) is 0. The molecule has 0 unspecified atom stereocenters. The highest BCUT2D eigenvalue weighted by Gasteiger charge is 2.31. The molecule has 0 saturated heterocycles. The normalized spacial score (nSPS) is 19.4. The molecule has 1 fully saturated rings. The summed E-state index contributed by atoms with van der Waals surface area (Å²) >= 11 is 6.03. The van der Waals surface area contributed by atoms with Crippen LogP contribution in [-0.4, -0.2) is 16.9 Å². The molecule has 1 aliphatic carbocycles. The molecule has 0 bridgehead atoms. The van der Waals surface area contributed by atoms with Gasteiger partial charge in [-0.2, -0.15) is 0 Å². The zero-order chi connectivity index (χ0) is 17.4. The molecule has 0 aliphatic heterocycles. The Bertz CT molecular complexity index is 1010. The lowest BCUT2D eigenvalue weighted by molar-refractivity contribution is 0.0904. The molecule has 0 atom stereocenters. The van der Waals surface area contributed by atoms with Gasteiger partial charge < -0.3 is 10.3 Å². The van der Waals surface area contributed by atoms with Gasteiger partial charge in [0.15, 0.2) is 0 Å². The molecule has 126 valence electrons. The number of H-pyrrole nitrogens is 1. The van der Waals surface area contributed by atoms with Crippen molar-refractivity contribution >= 4 is 28.3 Å². The summed E-state index contributed by atoms with van der Waals surface area (Å²) in [5, 5.41) is 5.08. The molecular weight excluding hydrogens is 336 g/mol. The molecule has 4 rings (SSSR count). The summed E-state index contributed by atoms with van der Waals surface area (Å²) in [6.07, 6.45) is 1.76. The van der Waals surface area contributed by atoms with Crippen LogP contribution in [0.25, 0.3) is 10.8 Å². The first-order valence-corrected chi connectivity index (χ1v) is 8.66. The SMILES string of the molecule is O=C(NC1CC(c2cccc(Cl)c2)C1)c1cc2ccccc2c(=O)[nH]1. The predicted octanol–water partition coefficient (Wildman–Crippen LogP) is 3.86. The van der Waals surface area contributed by atoms with Gasteiger partial charge in [0, 0.05) is 16.5 Å². The zero-order valence-electron chi connectivity index (χ0n) is 13.5. The Hall–Kier alpha value is -2.59. The number of hydrogen-bond acceptors (Lipinski definition) is 2. The van der Waals surface area contributed by atoms with Gasteiger partial charge in [0.1, 0.15) is 5.69 Å². The van der Waals surface area contributed by atoms with Gasteiger partial charge in [0.2, 0.25) is 0 Å². The number of carbonyl (C=O) groups excluding carboxylic acids is 1. The van der Waals surface area contributed by atoms with Crippen LogP contribution in [0.5, 0.6) is 0 Å². The number of amides is 1. The van der Waals surface area contributed by atoms with Crippen molar-refractivity contribution in [3.63, 3.8) is 0 Å². The number of halogens is 1. The fourth-order valence-corrected chi connectivity index (χ4v) is 3.56. The van der Waals surface area contributed by atoms with Gasteiger partial charge in [-0.3, -0.25) is 9.59 Å². The fourth-order valence-electron chi connectivity index (χ4n) is 3.36. The molecular formula is C20H17ClN2O2. The van der Waals surface area contributed by atoms with Crippen LogP contribution in [0.2, 0.25) is 5.02 Å². The van der Waals surface area contributed by atoms with Gasteiger partial charge in [-0.15, -0.1) is 0 Å². The van der Waals surface area contributed by atoms with Crippen LogP contribution >= 0.6 is 11.6 Å². The highest BCUT2D eigenvalue weighted by Crippen LogP contribution is 2.37. The molecule has 4 nitrogen and oxygen atoms in total. The zero-order valence-corrected chi connectivity index (χ0v) is 14.2. The average molecular weight is 353 g/mol. The molecule has 1 aromatic heterocycles. The quantitative estimate of drug-likeness (QED) is 0.752. The molecule has 1 heterocycles. The molecule has 1 saturated carbocycles. The number of aromatic nitrogens is 1. The maximum atomic E-state index is 12.4. The molecule has 1 aliphatic rings. The lowest BCUT2D eigenvalue weighted by Crippen LogP contribution is -2.43. The first-order valence-electron chi connectivity index (χ1n) is 8.28. The van der Waals surface area contributed by atoms with E-state index in [0.717, 1.165) is 23.3 Å². The van der Waals surface area contributed by atoms with E-state index in [1.165, 1.54) is 5.56 Å². The number of aromatic amines is 1. The summed E-state index contributed by atoms with van der Waals surface area (Å²) in [5.41, 5.74) is 1.26. The van der Waals surface area contributed by atoms with Crippen LogP contribution in [0.4, 0.5) is 0 Å². The van der Waals surface area contributed by atoms with Gasteiger partial charge in [-0.1, -0.05) is 41.9 Å². The van der Waals surface area contributed by atoms with Crippen molar-refractivity contribution in [1.82, 2.24) is 10.3 Å². The minimum atomic E-state index is -0.242. The highest BCUT2D eigenvalue weighted by atomic mass is 35.5. The van der Waals surface area contributed by atoms with Crippen molar-refractivity contribution in [3.05, 3.63) is 81.2 Å². The lowest BCUT2D eigenvalue weighted by atomic mass is 9.76. The molecule has 5 heteroatoms. The largest absolute Gasteiger partial charge is 0.348 e. The van der Waals surface area contributed by atoms with Crippen LogP contribution in [0.1, 0.15) is 34.8 Å². The maximum absolute atomic E-state index is 12.4. The van der Waals surface area contributed by atoms with Crippen LogP contribution < -0.4 is 10.9 Å². The number of hydrogen-bond donors (Lipinski definition) is 2. The van der Waals surface area contributed by atoms with E-state index in [1.54, 1.807) is 12.1 Å². The van der Waals surface area contributed by atoms with Crippen molar-refractivity contribution in [1.29, 1.82) is 0 Å². The maximum Gasteiger partial charge on any atom is 0.268 e. The third-order valence-electron chi connectivity index (χ3n) is 4.79. The summed E-state index contributed by atoms with van der Waals surface area (Å²) in [4.78, 5) is 27.2. The van der Waals surface area contributed by atoms with E-state index in [1.807, 2.05) is 36.4 Å². The number of carbonyl (C=O) groups is 1. The standard InChI is InChI=1S/C20H17ClN2O2/c21-15-6-3-5-12(8-15)14-9-16(10-14)22-20(25)18-11-13-4-1-2-7-17(13)19(24)23-18/h1-8,11,14,16H,9-10H2,(H,22,25)(H,23,24). The van der Waals surface area contributed by atoms with Crippen molar-refractivity contribution in [2.24, 2.45) is 0 Å². The van der Waals surface area contributed by atoms with Crippen molar-refractivity contribution < 1.29 is 4.79 Å². The summed E-state index contributed by atoms with van der Waals surface area (Å²) < 4.78 is 0. The van der Waals surface area contributed by atoms with E-state index in [2.05, 4.69) is 16.4 Å². The van der Waals surface area contributed by atoms with Gasteiger partial charge in [0.25, 0.3) is 11.5 Å². The highest BCUT2D eigenvalue weighted by molar-refractivity contribution is 6.30. The third-order valence-corrected chi connectivity index (χ3v) is 5.03. The average Bonchev–Trinajstić information content (AvgIpc) is 2.57. The fraction of sp³-hybridized carbons (Fsp3) is 0.200. The van der Waals surface area contributed by atoms with E-state index in [-0.39, 0.29) is 17.5 Å². The van der Waals surface area contributed by atoms with E-state index < -0.39 is 0 Å². The van der Waals surface area contributed by atoms with Gasteiger partial charge >= 0.3 is 0 Å². The van der Waals surface area contributed by atoms with Crippen LogP contribution in [0.15, 0.2) is 59.4 Å². The second-order valence-corrected chi connectivity index (χ2v) is 6.93. The Morgan fingerprint density at radius 3 is 2.68 bits per heavy atom. The molecule has 3 aromatic rings. The van der Waals surface area contributed by atoms with Crippen LogP contribution in [0.3, 0.4) is 0 Å². The van der Waals surface area contributed by atoms with E-state index in [0.29, 0.717) is 17.0 Å². The van der Waals surface area contributed by atoms with E-state index >= 15 is 0 Å². The molecule has 2 N–H and O–H groups in total. The van der Waals surface area contributed by atoms with Crippen molar-refractivity contribution in [2.75, 3.05) is 0 Å². The predicted molar refractivity (Wildman–Crippen MR) is 99.2 cm³/mol. The van der Waals surface area contributed by atoms with Gasteiger partial charge in [-0.05, 0) is 54.0 Å². The van der Waals surface area contributed by atoms with Crippen molar-refractivity contribution in [2.45, 2.75) is 24.8 Å². The summed E-state index contributed by atoms with van der Waals surface area (Å²) in [5.74, 6) is 0.178. The molecule has 0 radical (unpaired) electrons. The van der Waals surface area contributed by atoms with E-state index in [4.69, 9.17) is 11.6 Å². The minimum absolute atomic E-state index is 0.117. The molecule has 25 heavy (non-hydrogen) atoms. The van der Waals surface area contributed by atoms with Gasteiger partial charge in [-0.25, -0.2) is 0 Å². The molecule has 1 amide bonds. The number of pyridine rings is 1. The Morgan fingerprint density at radius 2 is 1.88 bits per heavy atom. The monoisotopic (exact) mass is 352 g/mol. The first-order chi connectivity index (χ1) is 12.1. The summed E-state index contributed by atoms with van der Waals surface area (Å²) in [6.45, 7) is 0. The second kappa shape index (κ2) is 6.37. The Labute approximate surface area is 149 Å². The van der Waals surface area contributed by atoms with E-state index in [9.17, 15) is 9.59 Å².